The number of methoxy groups -OCH3 is 2. The molecule has 0 atom stereocenters. The fourth-order valence-corrected chi connectivity index (χ4v) is 4.16. The lowest BCUT2D eigenvalue weighted by Crippen LogP contribution is -2.05. The highest BCUT2D eigenvalue weighted by Crippen LogP contribution is 2.30. The van der Waals surface area contributed by atoms with Crippen LogP contribution in [-0.2, 0) is 6.42 Å². The minimum absolute atomic E-state index is 0.0376. The molecule has 0 amide bonds. The van der Waals surface area contributed by atoms with Crippen molar-refractivity contribution in [2.75, 3.05) is 25.3 Å². The summed E-state index contributed by atoms with van der Waals surface area (Å²) in [7, 11) is 3.11. The van der Waals surface area contributed by atoms with Crippen LogP contribution >= 0.6 is 23.1 Å². The summed E-state index contributed by atoms with van der Waals surface area (Å²) in [5.74, 6) is 1.36. The highest BCUT2D eigenvalue weighted by molar-refractivity contribution is 8.01. The number of carbonyl (C=O) groups is 1. The monoisotopic (exact) mass is 415 g/mol. The molecule has 0 fully saturated rings. The number of carbonyl (C=O) groups excluding carboxylic acids is 1. The first-order valence-corrected chi connectivity index (χ1v) is 10.5. The number of hydrogen-bond donors (Lipinski definition) is 1. The Morgan fingerprint density at radius 1 is 1.11 bits per heavy atom. The number of Topliss-reactive ketones (excluding diaryl/α,β-unsaturated/α-hetero) is 1. The number of ketones is 1. The van der Waals surface area contributed by atoms with Crippen molar-refractivity contribution in [3.63, 3.8) is 0 Å². The molecular formula is C20H21N3O3S2. The van der Waals surface area contributed by atoms with Crippen molar-refractivity contribution in [3.8, 4) is 11.5 Å². The van der Waals surface area contributed by atoms with Crippen LogP contribution in [0.3, 0.4) is 0 Å². The van der Waals surface area contributed by atoms with Gasteiger partial charge in [-0.05, 0) is 36.2 Å². The third kappa shape index (κ3) is 5.02. The highest BCUT2D eigenvalue weighted by Gasteiger charge is 2.15. The van der Waals surface area contributed by atoms with Gasteiger partial charge in [0.05, 0.1) is 25.5 Å². The first-order valence-electron chi connectivity index (χ1n) is 8.70. The lowest BCUT2D eigenvalue weighted by Gasteiger charge is -2.09. The normalized spacial score (nSPS) is 10.5. The van der Waals surface area contributed by atoms with Gasteiger partial charge < -0.3 is 14.8 Å². The maximum atomic E-state index is 12.6. The number of nitrogens with one attached hydrogen (secondary N) is 1. The topological polar surface area (TPSA) is 73.3 Å². The number of ether oxygens (including phenoxy) is 2. The Morgan fingerprint density at radius 2 is 1.89 bits per heavy atom. The lowest BCUT2D eigenvalue weighted by atomic mass is 10.1. The van der Waals surface area contributed by atoms with Crippen LogP contribution in [0.1, 0.15) is 22.8 Å². The zero-order valence-corrected chi connectivity index (χ0v) is 17.5. The minimum Gasteiger partial charge on any atom is -0.497 e. The summed E-state index contributed by atoms with van der Waals surface area (Å²) in [6, 6.07) is 13.4. The van der Waals surface area contributed by atoms with Crippen molar-refractivity contribution in [1.82, 2.24) is 10.2 Å². The van der Waals surface area contributed by atoms with Crippen molar-refractivity contribution >= 4 is 39.7 Å². The van der Waals surface area contributed by atoms with E-state index in [1.807, 2.05) is 12.1 Å². The number of aromatic nitrogens is 2. The first-order chi connectivity index (χ1) is 13.6. The van der Waals surface area contributed by atoms with Gasteiger partial charge in [-0.15, -0.1) is 10.2 Å². The van der Waals surface area contributed by atoms with Crippen LogP contribution in [0.4, 0.5) is 10.8 Å². The largest absolute Gasteiger partial charge is 0.497 e. The van der Waals surface area contributed by atoms with Gasteiger partial charge in [0.2, 0.25) is 5.13 Å². The molecule has 0 radical (unpaired) electrons. The third-order valence-electron chi connectivity index (χ3n) is 4.06. The Morgan fingerprint density at radius 3 is 2.57 bits per heavy atom. The molecule has 0 aliphatic carbocycles. The number of benzene rings is 2. The Labute approximate surface area is 172 Å². The molecule has 8 heteroatoms. The van der Waals surface area contributed by atoms with E-state index in [0.717, 1.165) is 16.4 Å². The summed E-state index contributed by atoms with van der Waals surface area (Å²) < 4.78 is 11.2. The molecule has 1 aromatic heterocycles. The Balaban J connectivity index is 1.60. The van der Waals surface area contributed by atoms with Crippen LogP contribution < -0.4 is 14.8 Å². The Kier molecular flexibility index (Phi) is 6.89. The van der Waals surface area contributed by atoms with Crippen LogP contribution in [0.15, 0.2) is 46.8 Å². The van der Waals surface area contributed by atoms with E-state index >= 15 is 0 Å². The fourth-order valence-electron chi connectivity index (χ4n) is 2.50. The molecule has 0 aliphatic rings. The van der Waals surface area contributed by atoms with Crippen LogP contribution in [0.5, 0.6) is 11.5 Å². The van der Waals surface area contributed by atoms with Crippen LogP contribution in [0.2, 0.25) is 0 Å². The average Bonchev–Trinajstić information content (AvgIpc) is 3.19. The number of nitrogens with zero attached hydrogens (tertiary/aromatic N) is 2. The van der Waals surface area contributed by atoms with Gasteiger partial charge in [-0.2, -0.15) is 0 Å². The van der Waals surface area contributed by atoms with Gasteiger partial charge in [0.15, 0.2) is 10.1 Å². The third-order valence-corrected chi connectivity index (χ3v) is 6.03. The molecule has 1 heterocycles. The lowest BCUT2D eigenvalue weighted by molar-refractivity contribution is 0.101. The van der Waals surface area contributed by atoms with Crippen LogP contribution in [-0.4, -0.2) is 36.0 Å². The van der Waals surface area contributed by atoms with E-state index in [1.54, 1.807) is 25.3 Å². The van der Waals surface area contributed by atoms with Gasteiger partial charge in [-0.25, -0.2) is 0 Å². The van der Waals surface area contributed by atoms with Gasteiger partial charge in [0.25, 0.3) is 0 Å². The second kappa shape index (κ2) is 9.57. The number of anilines is 2. The first kappa shape index (κ1) is 20.2. The molecule has 3 aromatic rings. The fraction of sp³-hybridized carbons (Fsp3) is 0.250. The van der Waals surface area contributed by atoms with E-state index in [9.17, 15) is 4.79 Å². The molecule has 2 aromatic carbocycles. The summed E-state index contributed by atoms with van der Waals surface area (Å²) in [6.45, 7) is 2.12. The van der Waals surface area contributed by atoms with Crippen molar-refractivity contribution in [2.24, 2.45) is 0 Å². The molecule has 0 spiro atoms. The highest BCUT2D eigenvalue weighted by atomic mass is 32.2. The number of rotatable bonds is 9. The second-order valence-electron chi connectivity index (χ2n) is 5.83. The summed E-state index contributed by atoms with van der Waals surface area (Å²) in [4.78, 5) is 12.6. The smallest absolute Gasteiger partial charge is 0.210 e. The zero-order valence-electron chi connectivity index (χ0n) is 15.9. The molecule has 0 bridgehead atoms. The van der Waals surface area contributed by atoms with E-state index in [1.165, 1.54) is 35.8 Å². The van der Waals surface area contributed by atoms with Crippen molar-refractivity contribution in [1.29, 1.82) is 0 Å². The van der Waals surface area contributed by atoms with E-state index in [0.29, 0.717) is 22.2 Å². The summed E-state index contributed by atoms with van der Waals surface area (Å²) in [5.41, 5.74) is 2.77. The van der Waals surface area contributed by atoms with Crippen molar-refractivity contribution < 1.29 is 14.3 Å². The van der Waals surface area contributed by atoms with E-state index in [4.69, 9.17) is 9.47 Å². The molecular weight excluding hydrogens is 394 g/mol. The van der Waals surface area contributed by atoms with Gasteiger partial charge in [0.1, 0.15) is 11.5 Å². The van der Waals surface area contributed by atoms with Crippen LogP contribution in [0.25, 0.3) is 0 Å². The van der Waals surface area contributed by atoms with Crippen molar-refractivity contribution in [3.05, 3.63) is 53.6 Å². The van der Waals surface area contributed by atoms with E-state index < -0.39 is 0 Å². The predicted molar refractivity (Wildman–Crippen MR) is 114 cm³/mol. The number of aryl methyl sites for hydroxylation is 1. The molecule has 146 valence electrons. The zero-order chi connectivity index (χ0) is 19.9. The summed E-state index contributed by atoms with van der Waals surface area (Å²) >= 11 is 2.78. The summed E-state index contributed by atoms with van der Waals surface area (Å²) in [6.07, 6.45) is 1.01. The average molecular weight is 416 g/mol. The van der Waals surface area contributed by atoms with E-state index in [2.05, 4.69) is 34.6 Å². The maximum Gasteiger partial charge on any atom is 0.210 e. The SMILES string of the molecule is CCc1ccc(Nc2nnc(SCC(=O)c3ccc(OC)cc3OC)s2)cc1. The van der Waals surface area contributed by atoms with Gasteiger partial charge in [-0.1, -0.05) is 42.2 Å². The van der Waals surface area contributed by atoms with Gasteiger partial charge >= 0.3 is 0 Å². The number of hydrogen-bond acceptors (Lipinski definition) is 8. The quantitative estimate of drug-likeness (QED) is 0.396. The molecule has 3 rings (SSSR count). The van der Waals surface area contributed by atoms with Gasteiger partial charge in [-0.3, -0.25) is 4.79 Å². The maximum absolute atomic E-state index is 12.6. The molecule has 0 aliphatic heterocycles. The Bertz CT molecular complexity index is 942. The molecule has 1 N–H and O–H groups in total. The second-order valence-corrected chi connectivity index (χ2v) is 8.03. The molecule has 0 saturated heterocycles. The summed E-state index contributed by atoms with van der Waals surface area (Å²) in [5, 5.41) is 12.2. The van der Waals surface area contributed by atoms with Crippen LogP contribution in [0, 0.1) is 0 Å². The van der Waals surface area contributed by atoms with Crippen molar-refractivity contribution in [2.45, 2.75) is 17.7 Å². The number of thioether (sulfide) groups is 1. The van der Waals surface area contributed by atoms with E-state index in [-0.39, 0.29) is 11.5 Å². The molecule has 6 nitrogen and oxygen atoms in total. The van der Waals surface area contributed by atoms with Gasteiger partial charge in [0, 0.05) is 11.8 Å². The molecule has 0 unspecified atom stereocenters. The standard InChI is InChI=1S/C20H21N3O3S2/c1-4-13-5-7-14(8-6-13)21-19-22-23-20(28-19)27-12-17(24)16-10-9-15(25-2)11-18(16)26-3/h5-11H,4,12H2,1-3H3,(H,21,22). The minimum atomic E-state index is -0.0376. The predicted octanol–water partition coefficient (Wildman–Crippen LogP) is 4.84. The molecule has 28 heavy (non-hydrogen) atoms. The Hall–Kier alpha value is -2.58. The molecule has 0 saturated carbocycles.